The van der Waals surface area contributed by atoms with E-state index in [1.165, 1.54) is 0 Å². The Kier molecular flexibility index (Phi) is 3.10. The van der Waals surface area contributed by atoms with Crippen LogP contribution in [0.1, 0.15) is 20.8 Å². The van der Waals surface area contributed by atoms with Crippen LogP contribution in [0, 0.1) is 5.41 Å². The van der Waals surface area contributed by atoms with Gasteiger partial charge in [0.25, 0.3) is 0 Å². The molecule has 1 aliphatic heterocycles. The molecule has 1 saturated heterocycles. The summed E-state index contributed by atoms with van der Waals surface area (Å²) in [5, 5.41) is 3.58. The molecule has 4 heteroatoms. The van der Waals surface area contributed by atoms with Gasteiger partial charge in [0.15, 0.2) is 0 Å². The van der Waals surface area contributed by atoms with Crippen LogP contribution in [0.15, 0.2) is 18.7 Å². The molecule has 0 aliphatic carbocycles. The van der Waals surface area contributed by atoms with Crippen molar-refractivity contribution in [3.63, 3.8) is 0 Å². The zero-order chi connectivity index (χ0) is 11.6. The third-order valence-corrected chi connectivity index (χ3v) is 3.13. The van der Waals surface area contributed by atoms with Gasteiger partial charge in [0, 0.05) is 25.7 Å². The van der Waals surface area contributed by atoms with E-state index in [2.05, 4.69) is 41.0 Å². The third-order valence-electron chi connectivity index (χ3n) is 3.13. The molecule has 0 amide bonds. The second kappa shape index (κ2) is 4.37. The maximum atomic E-state index is 4.07. The highest BCUT2D eigenvalue weighted by molar-refractivity contribution is 5.42. The Morgan fingerprint density at radius 3 is 2.62 bits per heavy atom. The van der Waals surface area contributed by atoms with Crippen molar-refractivity contribution in [3.05, 3.63) is 18.7 Å². The largest absolute Gasteiger partial charge is 0.366 e. The normalized spacial score (nSPS) is 22.2. The summed E-state index contributed by atoms with van der Waals surface area (Å²) in [6.45, 7) is 9.90. The van der Waals surface area contributed by atoms with Crippen molar-refractivity contribution in [3.8, 4) is 0 Å². The standard InChI is InChI=1S/C12H20N4/c1-12(2,3)11-8-16(5-4-15-11)10-6-13-9-14-7-10/h6-7,9,11,15H,4-5,8H2,1-3H3. The average Bonchev–Trinajstić information content (AvgIpc) is 2.29. The second-order valence-corrected chi connectivity index (χ2v) is 5.42. The zero-order valence-electron chi connectivity index (χ0n) is 10.3. The van der Waals surface area contributed by atoms with E-state index in [0.717, 1.165) is 25.3 Å². The smallest absolute Gasteiger partial charge is 0.115 e. The summed E-state index contributed by atoms with van der Waals surface area (Å²) < 4.78 is 0. The van der Waals surface area contributed by atoms with Gasteiger partial charge in [-0.05, 0) is 5.41 Å². The van der Waals surface area contributed by atoms with Crippen molar-refractivity contribution in [1.82, 2.24) is 15.3 Å². The van der Waals surface area contributed by atoms with Gasteiger partial charge in [0.2, 0.25) is 0 Å². The van der Waals surface area contributed by atoms with Gasteiger partial charge in [-0.25, -0.2) is 9.97 Å². The van der Waals surface area contributed by atoms with Crippen molar-refractivity contribution in [2.45, 2.75) is 26.8 Å². The fourth-order valence-corrected chi connectivity index (χ4v) is 2.02. The minimum absolute atomic E-state index is 0.286. The van der Waals surface area contributed by atoms with Crippen molar-refractivity contribution in [2.75, 3.05) is 24.5 Å². The first-order valence-electron chi connectivity index (χ1n) is 5.81. The van der Waals surface area contributed by atoms with E-state index in [4.69, 9.17) is 0 Å². The molecule has 16 heavy (non-hydrogen) atoms. The Labute approximate surface area is 97.1 Å². The van der Waals surface area contributed by atoms with Gasteiger partial charge in [0.05, 0.1) is 18.1 Å². The molecule has 0 radical (unpaired) electrons. The quantitative estimate of drug-likeness (QED) is 0.774. The summed E-state index contributed by atoms with van der Waals surface area (Å²) in [6.07, 6.45) is 5.35. The monoisotopic (exact) mass is 220 g/mol. The number of anilines is 1. The highest BCUT2D eigenvalue weighted by atomic mass is 15.2. The lowest BCUT2D eigenvalue weighted by Gasteiger charge is -2.41. The minimum Gasteiger partial charge on any atom is -0.366 e. The minimum atomic E-state index is 0.286. The fraction of sp³-hybridized carbons (Fsp3) is 0.667. The van der Waals surface area contributed by atoms with Crippen LogP contribution in [0.4, 0.5) is 5.69 Å². The van der Waals surface area contributed by atoms with Crippen LogP contribution >= 0.6 is 0 Å². The van der Waals surface area contributed by atoms with Gasteiger partial charge in [-0.2, -0.15) is 0 Å². The van der Waals surface area contributed by atoms with E-state index in [9.17, 15) is 0 Å². The van der Waals surface area contributed by atoms with E-state index in [0.29, 0.717) is 6.04 Å². The zero-order valence-corrected chi connectivity index (χ0v) is 10.3. The Hall–Kier alpha value is -1.16. The predicted octanol–water partition coefficient (Wildman–Crippen LogP) is 1.30. The summed E-state index contributed by atoms with van der Waals surface area (Å²) in [7, 11) is 0. The number of nitrogens with zero attached hydrogens (tertiary/aromatic N) is 3. The highest BCUT2D eigenvalue weighted by Gasteiger charge is 2.29. The van der Waals surface area contributed by atoms with Crippen LogP contribution in [0.5, 0.6) is 0 Å². The van der Waals surface area contributed by atoms with Crippen molar-refractivity contribution in [1.29, 1.82) is 0 Å². The van der Waals surface area contributed by atoms with Crippen LogP contribution in [0.3, 0.4) is 0 Å². The van der Waals surface area contributed by atoms with Crippen LogP contribution in [0.2, 0.25) is 0 Å². The molecule has 1 aromatic heterocycles. The highest BCUT2D eigenvalue weighted by Crippen LogP contribution is 2.23. The average molecular weight is 220 g/mol. The number of hydrogen-bond donors (Lipinski definition) is 1. The molecule has 1 atom stereocenters. The second-order valence-electron chi connectivity index (χ2n) is 5.42. The molecule has 88 valence electrons. The molecule has 2 rings (SSSR count). The number of piperazine rings is 1. The van der Waals surface area contributed by atoms with Gasteiger partial charge >= 0.3 is 0 Å². The van der Waals surface area contributed by atoms with Gasteiger partial charge in [-0.1, -0.05) is 20.8 Å². The lowest BCUT2D eigenvalue weighted by Crippen LogP contribution is -2.56. The molecule has 0 bridgehead atoms. The lowest BCUT2D eigenvalue weighted by molar-refractivity contribution is 0.254. The summed E-state index contributed by atoms with van der Waals surface area (Å²) in [6, 6.07) is 0.515. The Morgan fingerprint density at radius 2 is 2.00 bits per heavy atom. The molecule has 1 aromatic rings. The molecule has 1 fully saturated rings. The van der Waals surface area contributed by atoms with E-state index >= 15 is 0 Å². The molecule has 1 aliphatic rings. The summed E-state index contributed by atoms with van der Waals surface area (Å²) >= 11 is 0. The first-order valence-corrected chi connectivity index (χ1v) is 5.81. The molecule has 2 heterocycles. The molecule has 0 saturated carbocycles. The molecule has 1 N–H and O–H groups in total. The number of aromatic nitrogens is 2. The van der Waals surface area contributed by atoms with Gasteiger partial charge in [-0.3, -0.25) is 0 Å². The Balaban J connectivity index is 2.08. The number of nitrogens with one attached hydrogen (secondary N) is 1. The maximum absolute atomic E-state index is 4.07. The van der Waals surface area contributed by atoms with Crippen molar-refractivity contribution >= 4 is 5.69 Å². The Morgan fingerprint density at radius 1 is 1.31 bits per heavy atom. The van der Waals surface area contributed by atoms with E-state index < -0.39 is 0 Å². The first kappa shape index (κ1) is 11.3. The van der Waals surface area contributed by atoms with E-state index in [1.54, 1.807) is 6.33 Å². The van der Waals surface area contributed by atoms with Crippen LogP contribution in [0.25, 0.3) is 0 Å². The number of rotatable bonds is 1. The van der Waals surface area contributed by atoms with Crippen LogP contribution in [-0.2, 0) is 0 Å². The topological polar surface area (TPSA) is 41.1 Å². The van der Waals surface area contributed by atoms with Crippen LogP contribution in [-0.4, -0.2) is 35.6 Å². The van der Waals surface area contributed by atoms with Crippen molar-refractivity contribution in [2.24, 2.45) is 5.41 Å². The summed E-state index contributed by atoms with van der Waals surface area (Å²) in [5.74, 6) is 0. The molecule has 1 unspecified atom stereocenters. The van der Waals surface area contributed by atoms with Crippen molar-refractivity contribution < 1.29 is 0 Å². The Bertz CT molecular complexity index is 331. The van der Waals surface area contributed by atoms with E-state index in [1.807, 2.05) is 12.4 Å². The molecular formula is C12H20N4. The molecule has 4 nitrogen and oxygen atoms in total. The van der Waals surface area contributed by atoms with Crippen LogP contribution < -0.4 is 10.2 Å². The first-order chi connectivity index (χ1) is 7.57. The maximum Gasteiger partial charge on any atom is 0.115 e. The molecule has 0 spiro atoms. The lowest BCUT2D eigenvalue weighted by atomic mass is 9.85. The molecule has 0 aromatic carbocycles. The fourth-order valence-electron chi connectivity index (χ4n) is 2.02. The van der Waals surface area contributed by atoms with Gasteiger partial charge in [-0.15, -0.1) is 0 Å². The summed E-state index contributed by atoms with van der Waals surface area (Å²) in [4.78, 5) is 10.5. The predicted molar refractivity (Wildman–Crippen MR) is 65.5 cm³/mol. The number of hydrogen-bond acceptors (Lipinski definition) is 4. The van der Waals surface area contributed by atoms with Gasteiger partial charge < -0.3 is 10.2 Å². The third kappa shape index (κ3) is 2.50. The van der Waals surface area contributed by atoms with E-state index in [-0.39, 0.29) is 5.41 Å². The summed E-state index contributed by atoms with van der Waals surface area (Å²) in [5.41, 5.74) is 1.41. The van der Waals surface area contributed by atoms with Gasteiger partial charge in [0.1, 0.15) is 6.33 Å². The SMILES string of the molecule is CC(C)(C)C1CN(c2cncnc2)CCN1. The molecular weight excluding hydrogens is 200 g/mol.